The molecule has 80 valence electrons. The summed E-state index contributed by atoms with van der Waals surface area (Å²) >= 11 is 3.39. The number of aromatic nitrogens is 1. The number of halogens is 1. The molecule has 0 spiro atoms. The van der Waals surface area contributed by atoms with Gasteiger partial charge in [-0.3, -0.25) is 0 Å². The topological polar surface area (TPSA) is 61.3 Å². The lowest BCUT2D eigenvalue weighted by atomic mass is 10.3. The fraction of sp³-hybridized carbons (Fsp3) is 0.300. The van der Waals surface area contributed by atoms with Crippen LogP contribution in [0.3, 0.4) is 0 Å². The summed E-state index contributed by atoms with van der Waals surface area (Å²) < 4.78 is 11.4. The van der Waals surface area contributed by atoms with Crippen molar-refractivity contribution < 1.29 is 9.15 Å². The van der Waals surface area contributed by atoms with Gasteiger partial charge in [-0.05, 0) is 28.1 Å². The standard InChI is InChI=1S/C10H11BrN2O2/c1-14-5-7(12)10-13-8-4-2-3-6(11)9(8)15-10/h2-4,7H,5,12H2,1H3. The zero-order valence-electron chi connectivity index (χ0n) is 8.24. The third kappa shape index (κ3) is 2.04. The Morgan fingerprint density at radius 3 is 3.07 bits per heavy atom. The van der Waals surface area contributed by atoms with E-state index in [-0.39, 0.29) is 6.04 Å². The molecule has 1 aromatic carbocycles. The molecule has 0 aliphatic heterocycles. The number of hydrogen-bond acceptors (Lipinski definition) is 4. The lowest BCUT2D eigenvalue weighted by Gasteiger charge is -2.03. The largest absolute Gasteiger partial charge is 0.438 e. The monoisotopic (exact) mass is 270 g/mol. The number of rotatable bonds is 3. The summed E-state index contributed by atoms with van der Waals surface area (Å²) in [6.45, 7) is 0.393. The highest BCUT2D eigenvalue weighted by Crippen LogP contribution is 2.26. The Bertz CT molecular complexity index is 469. The number of oxazole rings is 1. The Labute approximate surface area is 95.5 Å². The average Bonchev–Trinajstić information content (AvgIpc) is 2.63. The van der Waals surface area contributed by atoms with E-state index in [4.69, 9.17) is 14.9 Å². The summed E-state index contributed by atoms with van der Waals surface area (Å²) in [6, 6.07) is 5.36. The van der Waals surface area contributed by atoms with E-state index in [1.54, 1.807) is 7.11 Å². The normalized spacial score (nSPS) is 13.3. The van der Waals surface area contributed by atoms with Crippen molar-refractivity contribution in [2.45, 2.75) is 6.04 Å². The number of ether oxygens (including phenoxy) is 1. The first kappa shape index (κ1) is 10.6. The number of para-hydroxylation sites is 1. The molecule has 1 unspecified atom stereocenters. The molecule has 0 saturated carbocycles. The van der Waals surface area contributed by atoms with Crippen molar-refractivity contribution >= 4 is 27.0 Å². The third-order valence-corrected chi connectivity index (χ3v) is 2.67. The van der Waals surface area contributed by atoms with E-state index in [0.717, 1.165) is 15.6 Å². The maximum atomic E-state index is 5.82. The molecule has 0 fully saturated rings. The summed E-state index contributed by atoms with van der Waals surface area (Å²) in [5.41, 5.74) is 7.34. The minimum absolute atomic E-state index is 0.325. The van der Waals surface area contributed by atoms with E-state index in [0.29, 0.717) is 12.5 Å². The molecule has 1 aromatic heterocycles. The van der Waals surface area contributed by atoms with Crippen LogP contribution < -0.4 is 5.73 Å². The summed E-state index contributed by atoms with van der Waals surface area (Å²) in [4.78, 5) is 4.29. The summed E-state index contributed by atoms with van der Waals surface area (Å²) in [5.74, 6) is 0.499. The van der Waals surface area contributed by atoms with E-state index in [1.165, 1.54) is 0 Å². The summed E-state index contributed by atoms with van der Waals surface area (Å²) in [5, 5.41) is 0. The van der Waals surface area contributed by atoms with Crippen LogP contribution in [0.2, 0.25) is 0 Å². The van der Waals surface area contributed by atoms with Crippen LogP contribution in [-0.4, -0.2) is 18.7 Å². The molecule has 1 atom stereocenters. The number of methoxy groups -OCH3 is 1. The van der Waals surface area contributed by atoms with Crippen LogP contribution in [0.1, 0.15) is 11.9 Å². The van der Waals surface area contributed by atoms with E-state index in [9.17, 15) is 0 Å². The summed E-state index contributed by atoms with van der Waals surface area (Å²) in [6.07, 6.45) is 0. The SMILES string of the molecule is COCC(N)c1nc2cccc(Br)c2o1. The predicted molar refractivity (Wildman–Crippen MR) is 60.5 cm³/mol. The number of hydrogen-bond donors (Lipinski definition) is 1. The fourth-order valence-corrected chi connectivity index (χ4v) is 1.78. The molecule has 0 aliphatic carbocycles. The van der Waals surface area contributed by atoms with Gasteiger partial charge in [-0.2, -0.15) is 0 Å². The van der Waals surface area contributed by atoms with E-state index in [2.05, 4.69) is 20.9 Å². The van der Waals surface area contributed by atoms with Crippen molar-refractivity contribution in [1.29, 1.82) is 0 Å². The molecule has 2 rings (SSSR count). The van der Waals surface area contributed by atoms with Gasteiger partial charge in [0.2, 0.25) is 5.89 Å². The quantitative estimate of drug-likeness (QED) is 0.929. The van der Waals surface area contributed by atoms with E-state index >= 15 is 0 Å². The molecule has 0 aliphatic rings. The van der Waals surface area contributed by atoms with Crippen LogP contribution in [0.5, 0.6) is 0 Å². The molecule has 4 nitrogen and oxygen atoms in total. The molecule has 15 heavy (non-hydrogen) atoms. The van der Waals surface area contributed by atoms with E-state index < -0.39 is 0 Å². The fourth-order valence-electron chi connectivity index (χ4n) is 1.34. The van der Waals surface area contributed by atoms with Crippen molar-refractivity contribution in [2.24, 2.45) is 5.73 Å². The molecular formula is C10H11BrN2O2. The van der Waals surface area contributed by atoms with Crippen LogP contribution in [0.4, 0.5) is 0 Å². The van der Waals surface area contributed by atoms with Gasteiger partial charge in [0.1, 0.15) is 11.6 Å². The van der Waals surface area contributed by atoms with Crippen LogP contribution in [0, 0.1) is 0 Å². The van der Waals surface area contributed by atoms with Crippen LogP contribution >= 0.6 is 15.9 Å². The number of nitrogens with two attached hydrogens (primary N) is 1. The van der Waals surface area contributed by atoms with Gasteiger partial charge in [0, 0.05) is 7.11 Å². The Hall–Kier alpha value is -0.910. The maximum Gasteiger partial charge on any atom is 0.214 e. The van der Waals surface area contributed by atoms with Gasteiger partial charge in [0.05, 0.1) is 11.1 Å². The second-order valence-electron chi connectivity index (χ2n) is 3.20. The van der Waals surface area contributed by atoms with Gasteiger partial charge in [-0.1, -0.05) is 6.07 Å². The van der Waals surface area contributed by atoms with Crippen LogP contribution in [-0.2, 0) is 4.74 Å². The lowest BCUT2D eigenvalue weighted by Crippen LogP contribution is -2.16. The Balaban J connectivity index is 2.43. The molecule has 2 N–H and O–H groups in total. The van der Waals surface area contributed by atoms with Crippen molar-refractivity contribution in [3.05, 3.63) is 28.6 Å². The molecule has 0 amide bonds. The lowest BCUT2D eigenvalue weighted by molar-refractivity contribution is 0.171. The van der Waals surface area contributed by atoms with Gasteiger partial charge < -0.3 is 14.9 Å². The Kier molecular flexibility index (Phi) is 3.04. The van der Waals surface area contributed by atoms with Gasteiger partial charge in [-0.25, -0.2) is 4.98 Å². The zero-order chi connectivity index (χ0) is 10.8. The van der Waals surface area contributed by atoms with Crippen LogP contribution in [0.25, 0.3) is 11.1 Å². The van der Waals surface area contributed by atoms with Gasteiger partial charge in [0.15, 0.2) is 5.58 Å². The third-order valence-electron chi connectivity index (χ3n) is 2.05. The Morgan fingerprint density at radius 2 is 2.40 bits per heavy atom. The Morgan fingerprint density at radius 1 is 1.60 bits per heavy atom. The van der Waals surface area contributed by atoms with Crippen LogP contribution in [0.15, 0.2) is 27.1 Å². The van der Waals surface area contributed by atoms with Gasteiger partial charge in [0.25, 0.3) is 0 Å². The van der Waals surface area contributed by atoms with Crippen molar-refractivity contribution in [3.8, 4) is 0 Å². The maximum absolute atomic E-state index is 5.82. The second-order valence-corrected chi connectivity index (χ2v) is 4.06. The predicted octanol–water partition coefficient (Wildman–Crippen LogP) is 2.24. The first-order valence-corrected chi connectivity index (χ1v) is 5.31. The second kappa shape index (κ2) is 4.30. The molecular weight excluding hydrogens is 260 g/mol. The van der Waals surface area contributed by atoms with Crippen molar-refractivity contribution in [3.63, 3.8) is 0 Å². The minimum Gasteiger partial charge on any atom is -0.438 e. The molecule has 0 bridgehead atoms. The molecule has 0 radical (unpaired) electrons. The van der Waals surface area contributed by atoms with Crippen molar-refractivity contribution in [2.75, 3.05) is 13.7 Å². The highest BCUT2D eigenvalue weighted by Gasteiger charge is 2.14. The average molecular weight is 271 g/mol. The number of nitrogens with zero attached hydrogens (tertiary/aromatic N) is 1. The highest BCUT2D eigenvalue weighted by molar-refractivity contribution is 9.10. The number of fused-ring (bicyclic) bond motifs is 1. The molecule has 2 aromatic rings. The molecule has 5 heteroatoms. The molecule has 1 heterocycles. The first-order chi connectivity index (χ1) is 7.22. The smallest absolute Gasteiger partial charge is 0.214 e. The zero-order valence-corrected chi connectivity index (χ0v) is 9.82. The number of benzene rings is 1. The highest BCUT2D eigenvalue weighted by atomic mass is 79.9. The summed E-state index contributed by atoms with van der Waals surface area (Å²) in [7, 11) is 1.60. The van der Waals surface area contributed by atoms with E-state index in [1.807, 2.05) is 18.2 Å². The molecule has 0 saturated heterocycles. The van der Waals surface area contributed by atoms with Crippen molar-refractivity contribution in [1.82, 2.24) is 4.98 Å². The first-order valence-electron chi connectivity index (χ1n) is 4.52. The van der Waals surface area contributed by atoms with Gasteiger partial charge >= 0.3 is 0 Å². The van der Waals surface area contributed by atoms with Gasteiger partial charge in [-0.15, -0.1) is 0 Å². The minimum atomic E-state index is -0.325.